The molecule has 4 nitrogen and oxygen atoms in total. The molecule has 0 fully saturated rings. The van der Waals surface area contributed by atoms with Gasteiger partial charge in [-0.25, -0.2) is 4.98 Å². The summed E-state index contributed by atoms with van der Waals surface area (Å²) >= 11 is 0. The Hall–Kier alpha value is -1.06. The highest BCUT2D eigenvalue weighted by Crippen LogP contribution is 1.89. The largest absolute Gasteiger partial charge is 0.410 e. The number of rotatable bonds is 0. The number of aromatic nitrogens is 3. The van der Waals surface area contributed by atoms with Crippen LogP contribution < -0.4 is 0 Å². The lowest BCUT2D eigenvalue weighted by Crippen LogP contribution is -1.94. The Morgan fingerprint density at radius 1 is 1.50 bits per heavy atom. The molecule has 0 saturated heterocycles. The minimum atomic E-state index is 0.516. The van der Waals surface area contributed by atoms with E-state index in [9.17, 15) is 0 Å². The van der Waals surface area contributed by atoms with Crippen molar-refractivity contribution in [2.24, 2.45) is 0 Å². The molecule has 0 aliphatic rings. The van der Waals surface area contributed by atoms with Crippen LogP contribution in [0.5, 0.6) is 0 Å². The summed E-state index contributed by atoms with van der Waals surface area (Å²) in [5.41, 5.74) is 0. The van der Waals surface area contributed by atoms with Gasteiger partial charge in [0.2, 0.25) is 0 Å². The number of aryl methyl sites for hydroxylation is 2. The van der Waals surface area contributed by atoms with Crippen molar-refractivity contribution >= 4 is 0 Å². The standard InChI is InChI=1S/C4H7N3O/c1-3-5-4(2)7(8)6-3/h8H,1-2H3. The number of hydrogen-bond donors (Lipinski definition) is 1. The van der Waals surface area contributed by atoms with Crippen LogP contribution in [-0.2, 0) is 0 Å². The molecule has 0 amide bonds. The molecule has 0 saturated carbocycles. The summed E-state index contributed by atoms with van der Waals surface area (Å²) in [6.45, 7) is 3.40. The molecule has 1 N–H and O–H groups in total. The van der Waals surface area contributed by atoms with E-state index < -0.39 is 0 Å². The molecule has 1 aromatic heterocycles. The lowest BCUT2D eigenvalue weighted by Gasteiger charge is -1.83. The van der Waals surface area contributed by atoms with Gasteiger partial charge in [0.1, 0.15) is 0 Å². The van der Waals surface area contributed by atoms with Crippen LogP contribution in [0.4, 0.5) is 0 Å². The molecule has 0 aliphatic carbocycles. The summed E-state index contributed by atoms with van der Waals surface area (Å²) in [5, 5.41) is 12.3. The van der Waals surface area contributed by atoms with Gasteiger partial charge < -0.3 is 5.21 Å². The normalized spacial score (nSPS) is 9.75. The van der Waals surface area contributed by atoms with Crippen molar-refractivity contribution in [3.8, 4) is 0 Å². The second-order valence-corrected chi connectivity index (χ2v) is 1.60. The third-order valence-electron chi connectivity index (χ3n) is 0.852. The summed E-state index contributed by atoms with van der Waals surface area (Å²) in [6.07, 6.45) is 0. The molecule has 0 aliphatic heterocycles. The average molecular weight is 113 g/mol. The molecular formula is C4H7N3O. The van der Waals surface area contributed by atoms with E-state index in [2.05, 4.69) is 10.1 Å². The Balaban J connectivity index is 3.14. The Labute approximate surface area is 46.7 Å². The maximum atomic E-state index is 8.68. The molecule has 1 heterocycles. The second kappa shape index (κ2) is 1.47. The summed E-state index contributed by atoms with van der Waals surface area (Å²) in [6, 6.07) is 0. The van der Waals surface area contributed by atoms with Crippen LogP contribution in [0, 0.1) is 13.8 Å². The molecule has 8 heavy (non-hydrogen) atoms. The first kappa shape index (κ1) is 5.08. The zero-order valence-corrected chi connectivity index (χ0v) is 4.79. The molecule has 0 aromatic carbocycles. The molecule has 1 rings (SSSR count). The maximum absolute atomic E-state index is 8.68. The quantitative estimate of drug-likeness (QED) is 0.486. The predicted octanol–water partition coefficient (Wildman–Crippen LogP) is 0.132. The summed E-state index contributed by atoms with van der Waals surface area (Å²) in [7, 11) is 0. The average Bonchev–Trinajstić information content (AvgIpc) is 1.85. The van der Waals surface area contributed by atoms with Gasteiger partial charge >= 0.3 is 0 Å². The van der Waals surface area contributed by atoms with Gasteiger partial charge in [-0.15, -0.1) is 5.10 Å². The highest BCUT2D eigenvalue weighted by atomic mass is 16.5. The van der Waals surface area contributed by atoms with E-state index in [0.29, 0.717) is 11.6 Å². The lowest BCUT2D eigenvalue weighted by molar-refractivity contribution is 0.140. The molecular weight excluding hydrogens is 106 g/mol. The van der Waals surface area contributed by atoms with Crippen LogP contribution in [0.3, 0.4) is 0 Å². The zero-order chi connectivity index (χ0) is 6.15. The Kier molecular flexibility index (Phi) is 0.932. The monoisotopic (exact) mass is 113 g/mol. The van der Waals surface area contributed by atoms with E-state index in [-0.39, 0.29) is 0 Å². The van der Waals surface area contributed by atoms with Gasteiger partial charge in [0.25, 0.3) is 0 Å². The van der Waals surface area contributed by atoms with Crippen molar-refractivity contribution in [1.29, 1.82) is 0 Å². The first-order valence-electron chi connectivity index (χ1n) is 2.29. The molecule has 44 valence electrons. The van der Waals surface area contributed by atoms with Crippen molar-refractivity contribution in [2.45, 2.75) is 13.8 Å². The number of hydrogen-bond acceptors (Lipinski definition) is 3. The number of nitrogens with zero attached hydrogens (tertiary/aromatic N) is 3. The van der Waals surface area contributed by atoms with Gasteiger partial charge in [-0.05, 0) is 13.8 Å². The van der Waals surface area contributed by atoms with Crippen LogP contribution in [0.15, 0.2) is 0 Å². The molecule has 1 aromatic rings. The summed E-state index contributed by atoms with van der Waals surface area (Å²) in [5.74, 6) is 1.10. The van der Waals surface area contributed by atoms with Gasteiger partial charge in [-0.2, -0.15) is 0 Å². The molecule has 0 spiro atoms. The smallest absolute Gasteiger partial charge is 0.165 e. The van der Waals surface area contributed by atoms with Gasteiger partial charge in [0.05, 0.1) is 0 Å². The predicted molar refractivity (Wildman–Crippen MR) is 26.7 cm³/mol. The van der Waals surface area contributed by atoms with E-state index in [4.69, 9.17) is 5.21 Å². The minimum Gasteiger partial charge on any atom is -0.410 e. The van der Waals surface area contributed by atoms with Crippen LogP contribution in [0.1, 0.15) is 11.6 Å². The highest BCUT2D eigenvalue weighted by molar-refractivity contribution is 4.84. The summed E-state index contributed by atoms with van der Waals surface area (Å²) in [4.78, 5) is 4.57. The van der Waals surface area contributed by atoms with Gasteiger partial charge in [0, 0.05) is 0 Å². The zero-order valence-electron chi connectivity index (χ0n) is 4.79. The van der Waals surface area contributed by atoms with Crippen molar-refractivity contribution in [1.82, 2.24) is 14.9 Å². The molecule has 0 bridgehead atoms. The SMILES string of the molecule is Cc1nc(C)n(O)n1. The first-order valence-corrected chi connectivity index (χ1v) is 2.29. The topological polar surface area (TPSA) is 50.9 Å². The van der Waals surface area contributed by atoms with Gasteiger partial charge in [0.15, 0.2) is 11.6 Å². The fourth-order valence-corrected chi connectivity index (χ4v) is 0.511. The molecule has 4 heteroatoms. The Bertz CT molecular complexity index is 174. The molecule has 0 radical (unpaired) electrons. The Morgan fingerprint density at radius 2 is 2.12 bits per heavy atom. The highest BCUT2D eigenvalue weighted by Gasteiger charge is 1.96. The Morgan fingerprint density at radius 3 is 2.25 bits per heavy atom. The molecule has 0 unspecified atom stereocenters. The van der Waals surface area contributed by atoms with E-state index in [0.717, 1.165) is 4.85 Å². The van der Waals surface area contributed by atoms with E-state index >= 15 is 0 Å². The van der Waals surface area contributed by atoms with Crippen LogP contribution >= 0.6 is 0 Å². The third-order valence-corrected chi connectivity index (χ3v) is 0.852. The van der Waals surface area contributed by atoms with Crippen LogP contribution in [-0.4, -0.2) is 20.1 Å². The van der Waals surface area contributed by atoms with Crippen molar-refractivity contribution in [2.75, 3.05) is 0 Å². The maximum Gasteiger partial charge on any atom is 0.165 e. The first-order chi connectivity index (χ1) is 3.70. The van der Waals surface area contributed by atoms with Crippen molar-refractivity contribution < 1.29 is 5.21 Å². The molecule has 0 atom stereocenters. The summed E-state index contributed by atoms with van der Waals surface area (Å²) < 4.78 is 0. The van der Waals surface area contributed by atoms with Gasteiger partial charge in [-0.1, -0.05) is 4.85 Å². The van der Waals surface area contributed by atoms with Crippen LogP contribution in [0.25, 0.3) is 0 Å². The van der Waals surface area contributed by atoms with Crippen molar-refractivity contribution in [3.05, 3.63) is 11.6 Å². The fourth-order valence-electron chi connectivity index (χ4n) is 0.511. The lowest BCUT2D eigenvalue weighted by atomic mass is 10.7. The van der Waals surface area contributed by atoms with E-state index in [1.54, 1.807) is 13.8 Å². The van der Waals surface area contributed by atoms with E-state index in [1.807, 2.05) is 0 Å². The van der Waals surface area contributed by atoms with Crippen LogP contribution in [0.2, 0.25) is 0 Å². The van der Waals surface area contributed by atoms with E-state index in [1.165, 1.54) is 0 Å². The second-order valence-electron chi connectivity index (χ2n) is 1.60. The van der Waals surface area contributed by atoms with Gasteiger partial charge in [-0.3, -0.25) is 0 Å². The minimum absolute atomic E-state index is 0.516. The third kappa shape index (κ3) is 0.641. The fraction of sp³-hybridized carbons (Fsp3) is 0.500. The van der Waals surface area contributed by atoms with Crippen molar-refractivity contribution in [3.63, 3.8) is 0 Å².